The van der Waals surface area contributed by atoms with Crippen LogP contribution in [0.25, 0.3) is 0 Å². The number of nitrogens with one attached hydrogen (secondary N) is 1. The lowest BCUT2D eigenvalue weighted by molar-refractivity contribution is 0.405. The van der Waals surface area contributed by atoms with E-state index in [2.05, 4.69) is 15.7 Å². The van der Waals surface area contributed by atoms with E-state index < -0.39 is 0 Å². The molecular weight excluding hydrogens is 214 g/mol. The predicted molar refractivity (Wildman–Crippen MR) is 67.0 cm³/mol. The molecule has 2 rings (SSSR count). The maximum Gasteiger partial charge on any atom is 0.0843 e. The van der Waals surface area contributed by atoms with Crippen LogP contribution >= 0.6 is 0 Å². The molecule has 17 heavy (non-hydrogen) atoms. The molecule has 1 unspecified atom stereocenters. The molecule has 96 valence electrons. The van der Waals surface area contributed by atoms with Crippen LogP contribution < -0.4 is 11.3 Å². The molecule has 1 fully saturated rings. The third-order valence-corrected chi connectivity index (χ3v) is 3.74. The average molecular weight is 237 g/mol. The number of nitrogens with zero attached hydrogens (tertiary/aromatic N) is 3. The van der Waals surface area contributed by atoms with Gasteiger partial charge in [-0.15, -0.1) is 5.10 Å². The molecule has 1 aliphatic rings. The number of rotatable bonds is 6. The number of nitrogens with two attached hydrogens (primary N) is 1. The normalized spacial score (nSPS) is 18.7. The minimum Gasteiger partial charge on any atom is -0.271 e. The largest absolute Gasteiger partial charge is 0.271 e. The Morgan fingerprint density at radius 2 is 2.29 bits per heavy atom. The van der Waals surface area contributed by atoms with Crippen molar-refractivity contribution >= 4 is 0 Å². The molecular formula is C12H23N5. The van der Waals surface area contributed by atoms with Crippen LogP contribution in [0.5, 0.6) is 0 Å². The highest BCUT2D eigenvalue weighted by Gasteiger charge is 2.17. The van der Waals surface area contributed by atoms with E-state index in [4.69, 9.17) is 5.84 Å². The number of hydrogen-bond acceptors (Lipinski definition) is 4. The van der Waals surface area contributed by atoms with Crippen molar-refractivity contribution in [2.45, 2.75) is 51.0 Å². The molecule has 1 aromatic rings. The first-order valence-corrected chi connectivity index (χ1v) is 6.59. The topological polar surface area (TPSA) is 68.8 Å². The Morgan fingerprint density at radius 3 is 2.88 bits per heavy atom. The summed E-state index contributed by atoms with van der Waals surface area (Å²) in [7, 11) is 1.89. The lowest BCUT2D eigenvalue weighted by Crippen LogP contribution is -2.37. The first-order chi connectivity index (χ1) is 8.28. The van der Waals surface area contributed by atoms with Gasteiger partial charge in [0.1, 0.15) is 0 Å². The molecule has 0 saturated heterocycles. The molecule has 0 bridgehead atoms. The van der Waals surface area contributed by atoms with E-state index in [0.29, 0.717) is 6.04 Å². The van der Waals surface area contributed by atoms with Crippen molar-refractivity contribution in [3.05, 3.63) is 11.9 Å². The van der Waals surface area contributed by atoms with Crippen molar-refractivity contribution in [1.82, 2.24) is 20.4 Å². The molecule has 3 N–H and O–H groups in total. The zero-order valence-electron chi connectivity index (χ0n) is 10.6. The fourth-order valence-electron chi connectivity index (χ4n) is 2.72. The lowest BCUT2D eigenvalue weighted by Gasteiger charge is -2.16. The number of hydrogen-bond donors (Lipinski definition) is 2. The smallest absolute Gasteiger partial charge is 0.0843 e. The van der Waals surface area contributed by atoms with Gasteiger partial charge in [0.15, 0.2) is 0 Å². The summed E-state index contributed by atoms with van der Waals surface area (Å²) in [5, 5.41) is 8.04. The van der Waals surface area contributed by atoms with E-state index in [9.17, 15) is 0 Å². The van der Waals surface area contributed by atoms with Gasteiger partial charge in [-0.2, -0.15) is 0 Å². The van der Waals surface area contributed by atoms with Crippen LogP contribution in [0.2, 0.25) is 0 Å². The predicted octanol–water partition coefficient (Wildman–Crippen LogP) is 1.16. The Kier molecular flexibility index (Phi) is 4.50. The minimum absolute atomic E-state index is 0.326. The fraction of sp³-hybridized carbons (Fsp3) is 0.833. The summed E-state index contributed by atoms with van der Waals surface area (Å²) in [4.78, 5) is 0. The van der Waals surface area contributed by atoms with Crippen molar-refractivity contribution in [1.29, 1.82) is 0 Å². The van der Waals surface area contributed by atoms with E-state index in [-0.39, 0.29) is 0 Å². The van der Waals surface area contributed by atoms with Crippen molar-refractivity contribution < 1.29 is 0 Å². The first kappa shape index (κ1) is 12.5. The SMILES string of the molecule is Cn1cc(CC(CCC2CCCC2)NN)nn1. The van der Waals surface area contributed by atoms with Crippen LogP contribution in [0.4, 0.5) is 0 Å². The number of aryl methyl sites for hydroxylation is 1. The van der Waals surface area contributed by atoms with E-state index in [1.807, 2.05) is 13.2 Å². The molecule has 0 radical (unpaired) electrons. The molecule has 1 atom stereocenters. The molecule has 0 aliphatic heterocycles. The van der Waals surface area contributed by atoms with Gasteiger partial charge in [0, 0.05) is 25.7 Å². The summed E-state index contributed by atoms with van der Waals surface area (Å²) in [5.41, 5.74) is 3.92. The van der Waals surface area contributed by atoms with E-state index in [1.165, 1.54) is 32.1 Å². The lowest BCUT2D eigenvalue weighted by atomic mass is 9.97. The highest BCUT2D eigenvalue weighted by molar-refractivity contribution is 4.95. The molecule has 1 aliphatic carbocycles. The zero-order valence-corrected chi connectivity index (χ0v) is 10.6. The second-order valence-electron chi connectivity index (χ2n) is 5.18. The summed E-state index contributed by atoms with van der Waals surface area (Å²) in [5.74, 6) is 6.53. The van der Waals surface area contributed by atoms with Gasteiger partial charge in [0.2, 0.25) is 0 Å². The van der Waals surface area contributed by atoms with Crippen molar-refractivity contribution in [3.8, 4) is 0 Å². The van der Waals surface area contributed by atoms with Crippen LogP contribution in [0.15, 0.2) is 6.20 Å². The highest BCUT2D eigenvalue weighted by atomic mass is 15.4. The maximum absolute atomic E-state index is 5.61. The van der Waals surface area contributed by atoms with Crippen molar-refractivity contribution in [3.63, 3.8) is 0 Å². The highest BCUT2D eigenvalue weighted by Crippen LogP contribution is 2.29. The van der Waals surface area contributed by atoms with Crippen LogP contribution in [-0.4, -0.2) is 21.0 Å². The Bertz CT molecular complexity index is 329. The van der Waals surface area contributed by atoms with Gasteiger partial charge in [0.05, 0.1) is 5.69 Å². The van der Waals surface area contributed by atoms with Crippen molar-refractivity contribution in [2.75, 3.05) is 0 Å². The van der Waals surface area contributed by atoms with Crippen LogP contribution in [-0.2, 0) is 13.5 Å². The van der Waals surface area contributed by atoms with Crippen LogP contribution in [0.3, 0.4) is 0 Å². The summed E-state index contributed by atoms with van der Waals surface area (Å²) in [6.45, 7) is 0. The van der Waals surface area contributed by atoms with Crippen molar-refractivity contribution in [2.24, 2.45) is 18.8 Å². The molecule has 5 nitrogen and oxygen atoms in total. The van der Waals surface area contributed by atoms with Gasteiger partial charge in [0.25, 0.3) is 0 Å². The summed E-state index contributed by atoms with van der Waals surface area (Å²) in [6, 6.07) is 0.326. The molecule has 1 heterocycles. The Hall–Kier alpha value is -0.940. The van der Waals surface area contributed by atoms with E-state index >= 15 is 0 Å². The van der Waals surface area contributed by atoms with Crippen LogP contribution in [0.1, 0.15) is 44.2 Å². The van der Waals surface area contributed by atoms with Gasteiger partial charge in [-0.1, -0.05) is 30.9 Å². The molecule has 5 heteroatoms. The van der Waals surface area contributed by atoms with Gasteiger partial charge in [-0.3, -0.25) is 16.0 Å². The molecule has 0 spiro atoms. The Balaban J connectivity index is 1.75. The molecule has 1 saturated carbocycles. The Morgan fingerprint density at radius 1 is 1.53 bits per heavy atom. The monoisotopic (exact) mass is 237 g/mol. The van der Waals surface area contributed by atoms with Gasteiger partial charge in [-0.25, -0.2) is 0 Å². The van der Waals surface area contributed by atoms with Gasteiger partial charge in [-0.05, 0) is 18.8 Å². The summed E-state index contributed by atoms with van der Waals surface area (Å²) < 4.78 is 1.74. The average Bonchev–Trinajstić information content (AvgIpc) is 2.96. The van der Waals surface area contributed by atoms with Gasteiger partial charge < -0.3 is 0 Å². The summed E-state index contributed by atoms with van der Waals surface area (Å²) >= 11 is 0. The van der Waals surface area contributed by atoms with Gasteiger partial charge >= 0.3 is 0 Å². The van der Waals surface area contributed by atoms with E-state index in [1.54, 1.807) is 4.68 Å². The summed E-state index contributed by atoms with van der Waals surface area (Å²) in [6.07, 6.45) is 10.9. The second-order valence-corrected chi connectivity index (χ2v) is 5.18. The standard InChI is InChI=1S/C12H23N5/c1-17-9-12(15-16-17)8-11(14-13)7-6-10-4-2-3-5-10/h9-11,14H,2-8,13H2,1H3. The quantitative estimate of drug-likeness (QED) is 0.575. The van der Waals surface area contributed by atoms with E-state index in [0.717, 1.165) is 24.5 Å². The Labute approximate surface area is 103 Å². The van der Waals surface area contributed by atoms with Crippen LogP contribution in [0, 0.1) is 5.92 Å². The molecule has 1 aromatic heterocycles. The number of hydrazine groups is 1. The molecule has 0 aromatic carbocycles. The minimum atomic E-state index is 0.326. The third-order valence-electron chi connectivity index (χ3n) is 3.74. The third kappa shape index (κ3) is 3.78. The zero-order chi connectivity index (χ0) is 12.1. The first-order valence-electron chi connectivity index (χ1n) is 6.59. The second kappa shape index (κ2) is 6.12. The fourth-order valence-corrected chi connectivity index (χ4v) is 2.72. The number of aromatic nitrogens is 3. The maximum atomic E-state index is 5.61. The molecule has 0 amide bonds.